The Labute approximate surface area is 176 Å². The lowest BCUT2D eigenvalue weighted by atomic mass is 10.1. The van der Waals surface area contributed by atoms with Gasteiger partial charge in [-0.25, -0.2) is 8.42 Å². The van der Waals surface area contributed by atoms with Crippen LogP contribution in [0.15, 0.2) is 59.1 Å². The molecule has 1 aliphatic rings. The lowest BCUT2D eigenvalue weighted by molar-refractivity contribution is 0.0670. The molecule has 7 heteroatoms. The van der Waals surface area contributed by atoms with Crippen molar-refractivity contribution in [1.82, 2.24) is 10.1 Å². The molecule has 6 nitrogen and oxygen atoms in total. The normalized spacial score (nSPS) is 17.7. The van der Waals surface area contributed by atoms with Crippen LogP contribution in [0.25, 0.3) is 11.3 Å². The number of nitrogens with zero attached hydrogens (tertiary/aromatic N) is 2. The molecule has 2 aromatic carbocycles. The maximum absolute atomic E-state index is 13.3. The first kappa shape index (κ1) is 20.3. The molecule has 0 N–H and O–H groups in total. The molecule has 1 atom stereocenters. The molecule has 1 saturated heterocycles. The lowest BCUT2D eigenvalue weighted by Gasteiger charge is -2.27. The molecule has 0 aliphatic carbocycles. The molecule has 1 fully saturated rings. The van der Waals surface area contributed by atoms with Gasteiger partial charge in [-0.15, -0.1) is 0 Å². The van der Waals surface area contributed by atoms with Crippen LogP contribution in [0.4, 0.5) is 0 Å². The quantitative estimate of drug-likeness (QED) is 0.623. The van der Waals surface area contributed by atoms with Crippen molar-refractivity contribution in [3.05, 3.63) is 77.0 Å². The molecule has 0 unspecified atom stereocenters. The minimum absolute atomic E-state index is 0.0206. The molecule has 0 saturated carbocycles. The van der Waals surface area contributed by atoms with Gasteiger partial charge in [0.1, 0.15) is 0 Å². The van der Waals surface area contributed by atoms with Crippen molar-refractivity contribution in [2.24, 2.45) is 0 Å². The number of carbonyl (C=O) groups excluding carboxylic acids is 1. The maximum atomic E-state index is 13.3. The Balaban J connectivity index is 1.62. The fourth-order valence-electron chi connectivity index (χ4n) is 3.66. The van der Waals surface area contributed by atoms with Gasteiger partial charge in [0.2, 0.25) is 0 Å². The highest BCUT2D eigenvalue weighted by Gasteiger charge is 2.36. The van der Waals surface area contributed by atoms with Gasteiger partial charge in [-0.2, -0.15) is 0 Å². The van der Waals surface area contributed by atoms with Gasteiger partial charge in [0.25, 0.3) is 5.91 Å². The summed E-state index contributed by atoms with van der Waals surface area (Å²) in [6, 6.07) is 16.9. The topological polar surface area (TPSA) is 80.5 Å². The number of aromatic nitrogens is 1. The van der Waals surface area contributed by atoms with Gasteiger partial charge in [-0.3, -0.25) is 4.79 Å². The Morgan fingerprint density at radius 3 is 2.30 bits per heavy atom. The van der Waals surface area contributed by atoms with Crippen LogP contribution in [0, 0.1) is 13.8 Å². The summed E-state index contributed by atoms with van der Waals surface area (Å²) in [5, 5.41) is 3.98. The Bertz CT molecular complexity index is 1150. The molecule has 0 radical (unpaired) electrons. The second-order valence-corrected chi connectivity index (χ2v) is 10.1. The number of benzene rings is 2. The van der Waals surface area contributed by atoms with Gasteiger partial charge in [-0.05, 0) is 25.8 Å². The van der Waals surface area contributed by atoms with E-state index in [0.717, 1.165) is 22.3 Å². The number of aryl methyl sites for hydroxylation is 2. The fraction of sp³-hybridized carbons (Fsp3) is 0.304. The molecule has 3 aromatic rings. The SMILES string of the molecule is Cc1ccc(CN(C(=O)c2cc(-c3ccc(C)cc3)on2)[C@H]2CCS(=O)(=O)C2)cc1. The smallest absolute Gasteiger partial charge is 0.276 e. The Morgan fingerprint density at radius 1 is 1.07 bits per heavy atom. The molecule has 156 valence electrons. The molecule has 0 spiro atoms. The number of sulfone groups is 1. The highest BCUT2D eigenvalue weighted by molar-refractivity contribution is 7.91. The van der Waals surface area contributed by atoms with Gasteiger partial charge in [0.05, 0.1) is 11.5 Å². The zero-order valence-electron chi connectivity index (χ0n) is 17.0. The Hall–Kier alpha value is -2.93. The van der Waals surface area contributed by atoms with Crippen molar-refractivity contribution < 1.29 is 17.7 Å². The van der Waals surface area contributed by atoms with Crippen molar-refractivity contribution in [1.29, 1.82) is 0 Å². The van der Waals surface area contributed by atoms with Crippen molar-refractivity contribution in [2.75, 3.05) is 11.5 Å². The van der Waals surface area contributed by atoms with E-state index in [0.29, 0.717) is 18.7 Å². The summed E-state index contributed by atoms with van der Waals surface area (Å²) < 4.78 is 29.5. The van der Waals surface area contributed by atoms with E-state index in [1.807, 2.05) is 62.4 Å². The van der Waals surface area contributed by atoms with Crippen LogP contribution in [0.3, 0.4) is 0 Å². The molecule has 4 rings (SSSR count). The minimum Gasteiger partial charge on any atom is -0.355 e. The third-order valence-corrected chi connectivity index (χ3v) is 7.20. The van der Waals surface area contributed by atoms with Crippen LogP contribution in [0.5, 0.6) is 0 Å². The standard InChI is InChI=1S/C23H24N2O4S/c1-16-3-7-18(8-4-16)14-25(20-11-12-30(27,28)15-20)23(26)21-13-22(29-24-21)19-9-5-17(2)6-10-19/h3-10,13,20H,11-12,14-15H2,1-2H3/t20-/m0/s1. The summed E-state index contributed by atoms with van der Waals surface area (Å²) in [5.74, 6) is 0.267. The van der Waals surface area contributed by atoms with E-state index in [4.69, 9.17) is 4.52 Å². The fourth-order valence-corrected chi connectivity index (χ4v) is 5.39. The van der Waals surface area contributed by atoms with Gasteiger partial charge < -0.3 is 9.42 Å². The van der Waals surface area contributed by atoms with E-state index in [-0.39, 0.29) is 29.1 Å². The zero-order chi connectivity index (χ0) is 21.3. The van der Waals surface area contributed by atoms with E-state index in [1.54, 1.807) is 11.0 Å². The number of hydrogen-bond acceptors (Lipinski definition) is 5. The van der Waals surface area contributed by atoms with Crippen LogP contribution in [-0.2, 0) is 16.4 Å². The van der Waals surface area contributed by atoms with Crippen LogP contribution in [0.1, 0.15) is 33.6 Å². The average Bonchev–Trinajstić information content (AvgIpc) is 3.34. The third-order valence-electron chi connectivity index (χ3n) is 5.45. The second kappa shape index (κ2) is 8.07. The minimum atomic E-state index is -3.13. The van der Waals surface area contributed by atoms with Crippen molar-refractivity contribution in [2.45, 2.75) is 32.9 Å². The van der Waals surface area contributed by atoms with Crippen LogP contribution in [0.2, 0.25) is 0 Å². The number of carbonyl (C=O) groups is 1. The summed E-state index contributed by atoms with van der Waals surface area (Å²) >= 11 is 0. The highest BCUT2D eigenvalue weighted by atomic mass is 32.2. The Kier molecular flexibility index (Phi) is 5.47. The monoisotopic (exact) mass is 424 g/mol. The van der Waals surface area contributed by atoms with E-state index >= 15 is 0 Å². The summed E-state index contributed by atoms with van der Waals surface area (Å²) in [5.41, 5.74) is 4.21. The van der Waals surface area contributed by atoms with Crippen LogP contribution < -0.4 is 0 Å². The number of amides is 1. The molecule has 2 heterocycles. The third kappa shape index (κ3) is 4.46. The van der Waals surface area contributed by atoms with Crippen molar-refractivity contribution >= 4 is 15.7 Å². The molecular formula is C23H24N2O4S. The first-order chi connectivity index (χ1) is 14.3. The maximum Gasteiger partial charge on any atom is 0.276 e. The molecule has 1 aromatic heterocycles. The van der Waals surface area contributed by atoms with E-state index in [2.05, 4.69) is 5.16 Å². The van der Waals surface area contributed by atoms with E-state index < -0.39 is 9.84 Å². The Morgan fingerprint density at radius 2 is 1.70 bits per heavy atom. The zero-order valence-corrected chi connectivity index (χ0v) is 17.9. The predicted octanol–water partition coefficient (Wildman–Crippen LogP) is 3.79. The summed E-state index contributed by atoms with van der Waals surface area (Å²) in [4.78, 5) is 14.9. The van der Waals surface area contributed by atoms with Gasteiger partial charge in [0.15, 0.2) is 21.3 Å². The van der Waals surface area contributed by atoms with E-state index in [1.165, 1.54) is 0 Å². The van der Waals surface area contributed by atoms with Gasteiger partial charge in [0, 0.05) is 24.2 Å². The van der Waals surface area contributed by atoms with Crippen LogP contribution >= 0.6 is 0 Å². The highest BCUT2D eigenvalue weighted by Crippen LogP contribution is 2.25. The van der Waals surface area contributed by atoms with Crippen LogP contribution in [-0.4, -0.2) is 41.9 Å². The summed E-state index contributed by atoms with van der Waals surface area (Å²) in [6.07, 6.45) is 0.433. The first-order valence-corrected chi connectivity index (χ1v) is 11.7. The van der Waals surface area contributed by atoms with Gasteiger partial charge >= 0.3 is 0 Å². The first-order valence-electron chi connectivity index (χ1n) is 9.91. The molecular weight excluding hydrogens is 400 g/mol. The summed E-state index contributed by atoms with van der Waals surface area (Å²) in [7, 11) is -3.13. The molecule has 30 heavy (non-hydrogen) atoms. The molecule has 1 amide bonds. The molecule has 1 aliphatic heterocycles. The lowest BCUT2D eigenvalue weighted by Crippen LogP contribution is -2.40. The van der Waals surface area contributed by atoms with Gasteiger partial charge in [-0.1, -0.05) is 64.8 Å². The van der Waals surface area contributed by atoms with Crippen molar-refractivity contribution in [3.8, 4) is 11.3 Å². The largest absolute Gasteiger partial charge is 0.355 e. The number of hydrogen-bond donors (Lipinski definition) is 0. The van der Waals surface area contributed by atoms with E-state index in [9.17, 15) is 13.2 Å². The number of rotatable bonds is 5. The predicted molar refractivity (Wildman–Crippen MR) is 115 cm³/mol. The second-order valence-electron chi connectivity index (χ2n) is 7.92. The summed E-state index contributed by atoms with van der Waals surface area (Å²) in [6.45, 7) is 4.32. The molecule has 0 bridgehead atoms. The average molecular weight is 425 g/mol. The van der Waals surface area contributed by atoms with Crippen molar-refractivity contribution in [3.63, 3.8) is 0 Å².